The second kappa shape index (κ2) is 10.8. The van der Waals surface area contributed by atoms with Crippen LogP contribution in [0, 0.1) is 18.8 Å². The van der Waals surface area contributed by atoms with E-state index in [1.54, 1.807) is 17.8 Å². The molecule has 2 fully saturated rings. The third kappa shape index (κ3) is 4.53. The number of thioether (sulfide) groups is 1. The van der Waals surface area contributed by atoms with Gasteiger partial charge in [0, 0.05) is 23.0 Å². The zero-order valence-electron chi connectivity index (χ0n) is 23.0. The van der Waals surface area contributed by atoms with Crippen molar-refractivity contribution in [2.24, 2.45) is 11.8 Å². The summed E-state index contributed by atoms with van der Waals surface area (Å²) < 4.78 is 0. The lowest BCUT2D eigenvalue weighted by Crippen LogP contribution is -2.55. The summed E-state index contributed by atoms with van der Waals surface area (Å²) in [5.41, 5.74) is 2.35. The molecule has 3 aliphatic rings. The molecule has 1 spiro atoms. The van der Waals surface area contributed by atoms with E-state index in [9.17, 15) is 19.2 Å². The molecule has 0 unspecified atom stereocenters. The number of fused-ring (bicyclic) bond motifs is 4. The smallest absolute Gasteiger partial charge is 0.253 e. The van der Waals surface area contributed by atoms with Crippen molar-refractivity contribution < 1.29 is 19.2 Å². The number of carbonyl (C=O) groups excluding carboxylic acids is 4. The number of imide groups is 1. The van der Waals surface area contributed by atoms with Gasteiger partial charge in [-0.1, -0.05) is 66.2 Å². The van der Waals surface area contributed by atoms with Crippen LogP contribution in [0.2, 0.25) is 0 Å². The fourth-order valence-corrected chi connectivity index (χ4v) is 7.05. The van der Waals surface area contributed by atoms with E-state index in [-0.39, 0.29) is 42.8 Å². The van der Waals surface area contributed by atoms with Crippen LogP contribution >= 0.6 is 11.8 Å². The Kier molecular flexibility index (Phi) is 7.17. The number of likely N-dealkylation sites (tertiary alicyclic amines) is 1. The summed E-state index contributed by atoms with van der Waals surface area (Å²) in [4.78, 5) is 58.5. The van der Waals surface area contributed by atoms with Gasteiger partial charge in [-0.15, -0.1) is 0 Å². The van der Waals surface area contributed by atoms with Crippen molar-refractivity contribution in [3.8, 4) is 0 Å². The topological polar surface area (TPSA) is 98.8 Å². The second-order valence-electron chi connectivity index (χ2n) is 10.9. The van der Waals surface area contributed by atoms with Gasteiger partial charge in [0.1, 0.15) is 12.1 Å². The molecule has 2 saturated heterocycles. The minimum Gasteiger partial charge on any atom is -0.325 e. The Morgan fingerprint density at radius 3 is 2.37 bits per heavy atom. The van der Waals surface area contributed by atoms with Gasteiger partial charge in [-0.3, -0.25) is 29.4 Å². The van der Waals surface area contributed by atoms with Crippen LogP contribution < -0.4 is 15.5 Å². The number of anilines is 2. The van der Waals surface area contributed by atoms with Gasteiger partial charge >= 0.3 is 0 Å². The van der Waals surface area contributed by atoms with Crippen molar-refractivity contribution in [2.45, 2.75) is 31.5 Å². The molecule has 4 atom stereocenters. The molecule has 41 heavy (non-hydrogen) atoms. The van der Waals surface area contributed by atoms with Gasteiger partial charge in [0.25, 0.3) is 5.91 Å². The van der Waals surface area contributed by atoms with E-state index in [0.29, 0.717) is 23.4 Å². The molecule has 6 rings (SSSR count). The van der Waals surface area contributed by atoms with Crippen molar-refractivity contribution in [3.05, 3.63) is 95.6 Å². The molecule has 0 saturated carbocycles. The average Bonchev–Trinajstić information content (AvgIpc) is 3.53. The fourth-order valence-electron chi connectivity index (χ4n) is 6.56. The van der Waals surface area contributed by atoms with E-state index in [4.69, 9.17) is 0 Å². The molecule has 3 aromatic rings. The quantitative estimate of drug-likeness (QED) is 0.402. The van der Waals surface area contributed by atoms with Crippen LogP contribution in [0.25, 0.3) is 0 Å². The van der Waals surface area contributed by atoms with E-state index < -0.39 is 17.4 Å². The molecule has 210 valence electrons. The predicted octanol–water partition coefficient (Wildman–Crippen LogP) is 3.70. The van der Waals surface area contributed by atoms with Crippen LogP contribution in [-0.4, -0.2) is 53.1 Å². The Balaban J connectivity index is 1.36. The summed E-state index contributed by atoms with van der Waals surface area (Å²) in [6, 6.07) is 23.8. The molecular weight excluding hydrogens is 536 g/mol. The minimum atomic E-state index is -1.42. The second-order valence-corrected chi connectivity index (χ2v) is 11.9. The molecule has 8 nitrogen and oxygen atoms in total. The molecular formula is C32H32N4O4S. The number of nitrogens with one attached hydrogen (secondary N) is 2. The van der Waals surface area contributed by atoms with Gasteiger partial charge in [-0.05, 0) is 49.1 Å². The Bertz CT molecular complexity index is 1510. The number of carbonyl (C=O) groups is 4. The van der Waals surface area contributed by atoms with E-state index in [2.05, 4.69) is 10.6 Å². The number of aryl methyl sites for hydroxylation is 1. The van der Waals surface area contributed by atoms with Crippen molar-refractivity contribution in [1.29, 1.82) is 0 Å². The third-order valence-electron chi connectivity index (χ3n) is 8.41. The first kappa shape index (κ1) is 27.2. The number of para-hydroxylation sites is 1. The predicted molar refractivity (Wildman–Crippen MR) is 159 cm³/mol. The summed E-state index contributed by atoms with van der Waals surface area (Å²) in [5.74, 6) is -2.11. The van der Waals surface area contributed by atoms with E-state index in [1.807, 2.05) is 86.0 Å². The Hall–Kier alpha value is -3.95. The molecule has 3 heterocycles. The summed E-state index contributed by atoms with van der Waals surface area (Å²) in [7, 11) is 0. The highest BCUT2D eigenvalue weighted by atomic mass is 32.2. The average molecular weight is 569 g/mol. The maximum absolute atomic E-state index is 14.5. The first-order valence-corrected chi connectivity index (χ1v) is 15.2. The number of benzene rings is 3. The van der Waals surface area contributed by atoms with Gasteiger partial charge in [0.2, 0.25) is 17.7 Å². The fraction of sp³-hybridized carbons (Fsp3) is 0.312. The normalized spacial score (nSPS) is 24.7. The molecule has 3 aromatic carbocycles. The van der Waals surface area contributed by atoms with Crippen LogP contribution in [-0.2, 0) is 31.3 Å². The number of amides is 4. The lowest BCUT2D eigenvalue weighted by Gasteiger charge is -2.30. The summed E-state index contributed by atoms with van der Waals surface area (Å²) >= 11 is 1.66. The maximum Gasteiger partial charge on any atom is 0.253 e. The zero-order chi connectivity index (χ0) is 28.7. The molecule has 4 amide bonds. The van der Waals surface area contributed by atoms with Crippen molar-refractivity contribution in [2.75, 3.05) is 28.8 Å². The molecule has 0 radical (unpaired) electrons. The Morgan fingerprint density at radius 1 is 0.927 bits per heavy atom. The first-order valence-electron chi connectivity index (χ1n) is 13.8. The van der Waals surface area contributed by atoms with Crippen LogP contribution in [0.1, 0.15) is 23.1 Å². The number of hydrogen-bond acceptors (Lipinski definition) is 6. The van der Waals surface area contributed by atoms with Crippen LogP contribution in [0.3, 0.4) is 0 Å². The summed E-state index contributed by atoms with van der Waals surface area (Å²) in [6.45, 7) is 1.92. The highest BCUT2D eigenvalue weighted by molar-refractivity contribution is 7.98. The molecule has 0 aromatic heterocycles. The largest absolute Gasteiger partial charge is 0.325 e. The molecule has 3 aliphatic heterocycles. The molecule has 0 aliphatic carbocycles. The van der Waals surface area contributed by atoms with Crippen LogP contribution in [0.5, 0.6) is 0 Å². The van der Waals surface area contributed by atoms with Crippen molar-refractivity contribution in [3.63, 3.8) is 0 Å². The Morgan fingerprint density at radius 2 is 1.63 bits per heavy atom. The number of hydrogen-bond donors (Lipinski definition) is 2. The number of rotatable bonds is 8. The standard InChI is InChI=1S/C32H32N4O4S/c1-20-12-14-22(15-13-20)33-26(37)19-35-25-11-7-6-10-23(25)32(31(35)40)28-27(24(34-32)16-17-41-2)29(38)36(30(28)39)18-21-8-4-3-5-9-21/h3-15,24,27-28,34H,16-19H2,1-2H3,(H,33,37)/t24-,27-,28+,32-/m0/s1. The summed E-state index contributed by atoms with van der Waals surface area (Å²) in [6.07, 6.45) is 2.63. The van der Waals surface area contributed by atoms with Gasteiger partial charge in [-0.2, -0.15) is 11.8 Å². The zero-order valence-corrected chi connectivity index (χ0v) is 23.8. The first-order chi connectivity index (χ1) is 19.8. The van der Waals surface area contributed by atoms with E-state index in [0.717, 1.165) is 16.9 Å². The highest BCUT2D eigenvalue weighted by Gasteiger charge is 2.71. The maximum atomic E-state index is 14.5. The minimum absolute atomic E-state index is 0.162. The Labute approximate surface area is 243 Å². The highest BCUT2D eigenvalue weighted by Crippen LogP contribution is 2.55. The SMILES string of the molecule is CSCC[C@@H]1N[C@]2(C(=O)N(CC(=O)Nc3ccc(C)cc3)c3ccccc32)[C@H]2C(=O)N(Cc3ccccc3)C(=O)[C@@H]12. The van der Waals surface area contributed by atoms with Crippen LogP contribution in [0.15, 0.2) is 78.9 Å². The van der Waals surface area contributed by atoms with Crippen LogP contribution in [0.4, 0.5) is 11.4 Å². The molecule has 0 bridgehead atoms. The van der Waals surface area contributed by atoms with Crippen molar-refractivity contribution in [1.82, 2.24) is 10.2 Å². The third-order valence-corrected chi connectivity index (χ3v) is 9.06. The lowest BCUT2D eigenvalue weighted by atomic mass is 9.76. The van der Waals surface area contributed by atoms with Gasteiger partial charge < -0.3 is 10.2 Å². The molecule has 9 heteroatoms. The summed E-state index contributed by atoms with van der Waals surface area (Å²) in [5, 5.41) is 6.38. The van der Waals surface area contributed by atoms with Gasteiger partial charge in [-0.25, -0.2) is 0 Å². The lowest BCUT2D eigenvalue weighted by molar-refractivity contribution is -0.143. The van der Waals surface area contributed by atoms with E-state index >= 15 is 0 Å². The number of nitrogens with zero attached hydrogens (tertiary/aromatic N) is 2. The molecule has 2 N–H and O–H groups in total. The van der Waals surface area contributed by atoms with Gasteiger partial charge in [0.05, 0.1) is 18.4 Å². The van der Waals surface area contributed by atoms with Gasteiger partial charge in [0.15, 0.2) is 0 Å². The monoisotopic (exact) mass is 568 g/mol. The van der Waals surface area contributed by atoms with Crippen molar-refractivity contribution >= 4 is 46.8 Å². The van der Waals surface area contributed by atoms with E-state index in [1.165, 1.54) is 9.80 Å².